The van der Waals surface area contributed by atoms with E-state index in [2.05, 4.69) is 5.10 Å². The number of hydrazone groups is 1. The van der Waals surface area contributed by atoms with Crippen LogP contribution < -0.4 is 0 Å². The lowest BCUT2D eigenvalue weighted by molar-refractivity contribution is 0.322. The molecule has 1 aromatic heterocycles. The minimum absolute atomic E-state index is 0.337. The number of halogens is 1. The normalized spacial score (nSPS) is 18.9. The van der Waals surface area contributed by atoms with Gasteiger partial charge in [0.1, 0.15) is 17.6 Å². The molecule has 0 fully saturated rings. The van der Waals surface area contributed by atoms with Gasteiger partial charge >= 0.3 is 0 Å². The molecule has 0 aliphatic carbocycles. The Morgan fingerprint density at radius 2 is 2.14 bits per heavy atom. The molecular formula is C14H13FN2O3S. The largest absolute Gasteiger partial charge is 0.467 e. The second-order valence-corrected chi connectivity index (χ2v) is 6.67. The van der Waals surface area contributed by atoms with Crippen LogP contribution in [0.15, 0.2) is 52.2 Å². The predicted octanol–water partition coefficient (Wildman–Crippen LogP) is 2.53. The third kappa shape index (κ3) is 2.69. The number of hydrogen-bond acceptors (Lipinski definition) is 4. The molecule has 5 nitrogen and oxygen atoms in total. The van der Waals surface area contributed by atoms with Crippen LogP contribution in [0.4, 0.5) is 4.39 Å². The zero-order valence-corrected chi connectivity index (χ0v) is 12.0. The third-order valence-corrected chi connectivity index (χ3v) is 4.26. The Morgan fingerprint density at radius 3 is 2.76 bits per heavy atom. The highest BCUT2D eigenvalue weighted by Crippen LogP contribution is 2.34. The highest BCUT2D eigenvalue weighted by atomic mass is 32.2. The highest BCUT2D eigenvalue weighted by molar-refractivity contribution is 7.88. The maximum atomic E-state index is 13.3. The van der Waals surface area contributed by atoms with Gasteiger partial charge < -0.3 is 4.42 Å². The fourth-order valence-corrected chi connectivity index (χ4v) is 3.22. The summed E-state index contributed by atoms with van der Waals surface area (Å²) in [6, 6.07) is 8.79. The van der Waals surface area contributed by atoms with Crippen LogP contribution in [0.1, 0.15) is 23.8 Å². The van der Waals surface area contributed by atoms with E-state index < -0.39 is 16.1 Å². The lowest BCUT2D eigenvalue weighted by Crippen LogP contribution is -2.25. The summed E-state index contributed by atoms with van der Waals surface area (Å²) >= 11 is 0. The molecule has 0 bridgehead atoms. The third-order valence-electron chi connectivity index (χ3n) is 3.24. The first kappa shape index (κ1) is 13.8. The molecule has 1 aliphatic rings. The Kier molecular flexibility index (Phi) is 3.29. The summed E-state index contributed by atoms with van der Waals surface area (Å²) in [7, 11) is -3.54. The fourth-order valence-electron chi connectivity index (χ4n) is 2.33. The lowest BCUT2D eigenvalue weighted by atomic mass is 10.0. The summed E-state index contributed by atoms with van der Waals surface area (Å²) in [4.78, 5) is 0. The van der Waals surface area contributed by atoms with E-state index in [0.717, 1.165) is 10.7 Å². The SMILES string of the molecule is CS(=O)(=O)N1N=C(c2cccc(F)c2)C[C@H]1c1ccco1. The van der Waals surface area contributed by atoms with Gasteiger partial charge in [0.15, 0.2) is 0 Å². The first-order valence-electron chi connectivity index (χ1n) is 6.31. The highest BCUT2D eigenvalue weighted by Gasteiger charge is 2.36. The van der Waals surface area contributed by atoms with Gasteiger partial charge in [0, 0.05) is 12.0 Å². The average Bonchev–Trinajstić information content (AvgIpc) is 3.07. The summed E-state index contributed by atoms with van der Waals surface area (Å²) in [5, 5.41) is 4.14. The molecule has 0 radical (unpaired) electrons. The Hall–Kier alpha value is -2.15. The zero-order valence-electron chi connectivity index (χ0n) is 11.2. The molecule has 3 rings (SSSR count). The molecule has 1 aromatic carbocycles. The van der Waals surface area contributed by atoms with Crippen LogP contribution in [-0.2, 0) is 10.0 Å². The van der Waals surface area contributed by atoms with E-state index in [0.29, 0.717) is 23.5 Å². The van der Waals surface area contributed by atoms with Crippen molar-refractivity contribution in [2.45, 2.75) is 12.5 Å². The number of benzene rings is 1. The predicted molar refractivity (Wildman–Crippen MR) is 75.7 cm³/mol. The van der Waals surface area contributed by atoms with Crippen LogP contribution in [0.2, 0.25) is 0 Å². The van der Waals surface area contributed by atoms with E-state index in [1.165, 1.54) is 18.4 Å². The molecule has 7 heteroatoms. The molecule has 0 N–H and O–H groups in total. The summed E-state index contributed by atoms with van der Waals surface area (Å²) < 4.78 is 43.4. The molecule has 110 valence electrons. The Labute approximate surface area is 121 Å². The van der Waals surface area contributed by atoms with E-state index in [1.54, 1.807) is 24.3 Å². The number of hydrogen-bond donors (Lipinski definition) is 0. The molecule has 21 heavy (non-hydrogen) atoms. The summed E-state index contributed by atoms with van der Waals surface area (Å²) in [5.41, 5.74) is 1.08. The second-order valence-electron chi connectivity index (χ2n) is 4.83. The van der Waals surface area contributed by atoms with Crippen molar-refractivity contribution >= 4 is 15.7 Å². The Bertz CT molecular complexity index is 784. The molecule has 2 heterocycles. The molecule has 0 amide bonds. The van der Waals surface area contributed by atoms with E-state index in [4.69, 9.17) is 4.42 Å². The van der Waals surface area contributed by atoms with Crippen molar-refractivity contribution in [1.29, 1.82) is 0 Å². The number of furan rings is 1. The lowest BCUT2D eigenvalue weighted by Gasteiger charge is -2.18. The Morgan fingerprint density at radius 1 is 1.33 bits per heavy atom. The standard InChI is InChI=1S/C14H13FN2O3S/c1-21(18,19)17-13(14-6-3-7-20-14)9-12(16-17)10-4-2-5-11(15)8-10/h2-8,13H,9H2,1H3/t13-/m0/s1. The van der Waals surface area contributed by atoms with Gasteiger partial charge in [-0.15, -0.1) is 0 Å². The first-order chi connectivity index (χ1) is 9.95. The molecule has 0 saturated heterocycles. The number of rotatable bonds is 3. The average molecular weight is 308 g/mol. The van der Waals surface area contributed by atoms with Crippen molar-refractivity contribution in [3.63, 3.8) is 0 Å². The van der Waals surface area contributed by atoms with Crippen LogP contribution in [0.5, 0.6) is 0 Å². The van der Waals surface area contributed by atoms with E-state index in [1.807, 2.05) is 0 Å². The molecule has 0 saturated carbocycles. The maximum Gasteiger partial charge on any atom is 0.247 e. The van der Waals surface area contributed by atoms with Crippen LogP contribution in [0.3, 0.4) is 0 Å². The first-order valence-corrected chi connectivity index (χ1v) is 8.16. The topological polar surface area (TPSA) is 62.9 Å². The van der Waals surface area contributed by atoms with Crippen molar-refractivity contribution in [1.82, 2.24) is 4.41 Å². The van der Waals surface area contributed by atoms with E-state index in [9.17, 15) is 12.8 Å². The van der Waals surface area contributed by atoms with Gasteiger partial charge in [-0.1, -0.05) is 12.1 Å². The molecule has 1 atom stereocenters. The van der Waals surface area contributed by atoms with Crippen molar-refractivity contribution < 1.29 is 17.2 Å². The van der Waals surface area contributed by atoms with Crippen molar-refractivity contribution in [3.8, 4) is 0 Å². The van der Waals surface area contributed by atoms with Crippen molar-refractivity contribution in [2.75, 3.05) is 6.26 Å². The van der Waals surface area contributed by atoms with Gasteiger partial charge in [-0.05, 0) is 24.3 Å². The van der Waals surface area contributed by atoms with Gasteiger partial charge in [0.25, 0.3) is 0 Å². The zero-order chi connectivity index (χ0) is 15.0. The number of sulfonamides is 1. The molecule has 1 aliphatic heterocycles. The van der Waals surface area contributed by atoms with Gasteiger partial charge in [-0.2, -0.15) is 9.52 Å². The van der Waals surface area contributed by atoms with Crippen LogP contribution in [0, 0.1) is 5.82 Å². The summed E-state index contributed by atoms with van der Waals surface area (Å²) in [6.45, 7) is 0. The Balaban J connectivity index is 2.01. The minimum atomic E-state index is -3.54. The van der Waals surface area contributed by atoms with Crippen LogP contribution >= 0.6 is 0 Å². The smallest absolute Gasteiger partial charge is 0.247 e. The number of nitrogens with zero attached hydrogens (tertiary/aromatic N) is 2. The summed E-state index contributed by atoms with van der Waals surface area (Å²) in [6.07, 6.45) is 2.90. The van der Waals surface area contributed by atoms with Crippen molar-refractivity contribution in [3.05, 3.63) is 59.8 Å². The molecular weight excluding hydrogens is 295 g/mol. The van der Waals surface area contributed by atoms with Gasteiger partial charge in [-0.3, -0.25) is 0 Å². The minimum Gasteiger partial charge on any atom is -0.467 e. The molecule has 0 spiro atoms. The van der Waals surface area contributed by atoms with Gasteiger partial charge in [-0.25, -0.2) is 12.8 Å². The van der Waals surface area contributed by atoms with E-state index >= 15 is 0 Å². The molecule has 2 aromatic rings. The van der Waals surface area contributed by atoms with E-state index in [-0.39, 0.29) is 5.82 Å². The van der Waals surface area contributed by atoms with Crippen LogP contribution in [0.25, 0.3) is 0 Å². The maximum absolute atomic E-state index is 13.3. The van der Waals surface area contributed by atoms with Gasteiger partial charge in [0.2, 0.25) is 10.0 Å². The fraction of sp³-hybridized carbons (Fsp3) is 0.214. The second kappa shape index (κ2) is 5.00. The van der Waals surface area contributed by atoms with Gasteiger partial charge in [0.05, 0.1) is 18.2 Å². The quantitative estimate of drug-likeness (QED) is 0.875. The molecule has 0 unspecified atom stereocenters. The van der Waals surface area contributed by atoms with Crippen LogP contribution in [-0.4, -0.2) is 24.8 Å². The summed E-state index contributed by atoms with van der Waals surface area (Å²) in [5.74, 6) is 0.123. The van der Waals surface area contributed by atoms with Crippen molar-refractivity contribution in [2.24, 2.45) is 5.10 Å². The monoisotopic (exact) mass is 308 g/mol.